The van der Waals surface area contributed by atoms with Gasteiger partial charge in [0.2, 0.25) is 5.91 Å². The van der Waals surface area contributed by atoms with Gasteiger partial charge in [0.1, 0.15) is 5.54 Å². The molecule has 2 rings (SSSR count). The van der Waals surface area contributed by atoms with Crippen molar-refractivity contribution in [2.75, 3.05) is 13.6 Å². The highest BCUT2D eigenvalue weighted by Crippen LogP contribution is 2.39. The van der Waals surface area contributed by atoms with E-state index in [0.717, 1.165) is 12.8 Å². The number of amides is 1. The summed E-state index contributed by atoms with van der Waals surface area (Å²) in [6.07, 6.45) is 8.51. The topological polar surface area (TPSA) is 72.3 Å². The van der Waals surface area contributed by atoms with Gasteiger partial charge in [-0.3, -0.25) is 4.79 Å². The van der Waals surface area contributed by atoms with Crippen LogP contribution in [0.4, 0.5) is 0 Å². The van der Waals surface area contributed by atoms with Gasteiger partial charge in [-0.25, -0.2) is 0 Å². The lowest BCUT2D eigenvalue weighted by Gasteiger charge is -2.37. The Balaban J connectivity index is 1.95. The SMILES string of the molecule is CN(CC(N)(C(N)=O)C1CC1)C1CCCCC1. The normalized spacial score (nSPS) is 25.8. The van der Waals surface area contributed by atoms with E-state index >= 15 is 0 Å². The quantitative estimate of drug-likeness (QED) is 0.747. The van der Waals surface area contributed by atoms with Crippen LogP contribution in [0.15, 0.2) is 0 Å². The number of primary amides is 1. The first-order chi connectivity index (χ1) is 8.04. The van der Waals surface area contributed by atoms with Crippen molar-refractivity contribution in [3.05, 3.63) is 0 Å². The first-order valence-corrected chi connectivity index (χ1v) is 6.83. The maximum Gasteiger partial charge on any atom is 0.239 e. The van der Waals surface area contributed by atoms with Crippen LogP contribution in [0.2, 0.25) is 0 Å². The Bertz CT molecular complexity index is 284. The van der Waals surface area contributed by atoms with Crippen LogP contribution in [-0.2, 0) is 4.79 Å². The largest absolute Gasteiger partial charge is 0.368 e. The molecule has 4 heteroatoms. The lowest BCUT2D eigenvalue weighted by atomic mass is 9.89. The highest BCUT2D eigenvalue weighted by Gasteiger charge is 2.47. The van der Waals surface area contributed by atoms with Gasteiger partial charge in [-0.1, -0.05) is 19.3 Å². The van der Waals surface area contributed by atoms with E-state index in [0.29, 0.717) is 18.5 Å². The van der Waals surface area contributed by atoms with Crippen molar-refractivity contribution in [3.63, 3.8) is 0 Å². The molecule has 2 aliphatic carbocycles. The Morgan fingerprint density at radius 3 is 2.29 bits per heavy atom. The molecule has 0 aromatic carbocycles. The van der Waals surface area contributed by atoms with Crippen LogP contribution in [0, 0.1) is 5.92 Å². The summed E-state index contributed by atoms with van der Waals surface area (Å²) in [5, 5.41) is 0. The second-order valence-electron chi connectivity index (χ2n) is 5.89. The van der Waals surface area contributed by atoms with E-state index in [1.807, 2.05) is 0 Å². The number of carbonyl (C=O) groups excluding carboxylic acids is 1. The second kappa shape index (κ2) is 4.94. The Morgan fingerprint density at radius 2 is 1.82 bits per heavy atom. The molecule has 2 saturated carbocycles. The summed E-state index contributed by atoms with van der Waals surface area (Å²) in [6.45, 7) is 0.623. The van der Waals surface area contributed by atoms with Crippen molar-refractivity contribution >= 4 is 5.91 Å². The molecule has 4 nitrogen and oxygen atoms in total. The van der Waals surface area contributed by atoms with E-state index in [9.17, 15) is 4.79 Å². The minimum atomic E-state index is -0.799. The molecule has 1 atom stereocenters. The number of hydrogen-bond donors (Lipinski definition) is 2. The number of nitrogens with two attached hydrogens (primary N) is 2. The number of carbonyl (C=O) groups is 1. The summed E-state index contributed by atoms with van der Waals surface area (Å²) in [5.41, 5.74) is 10.9. The van der Waals surface area contributed by atoms with Crippen LogP contribution in [0.1, 0.15) is 44.9 Å². The summed E-state index contributed by atoms with van der Waals surface area (Å²) in [5.74, 6) is -0.0197. The van der Waals surface area contributed by atoms with Crippen LogP contribution < -0.4 is 11.5 Å². The Morgan fingerprint density at radius 1 is 1.24 bits per heavy atom. The van der Waals surface area contributed by atoms with Gasteiger partial charge in [0, 0.05) is 12.6 Å². The second-order valence-corrected chi connectivity index (χ2v) is 5.89. The molecular formula is C13H25N3O. The third kappa shape index (κ3) is 2.80. The molecule has 0 aromatic rings. The molecule has 98 valence electrons. The summed E-state index contributed by atoms with van der Waals surface area (Å²) < 4.78 is 0. The molecule has 0 saturated heterocycles. The lowest BCUT2D eigenvalue weighted by Crippen LogP contribution is -2.61. The highest BCUT2D eigenvalue weighted by atomic mass is 16.1. The average molecular weight is 239 g/mol. The number of rotatable bonds is 5. The van der Waals surface area contributed by atoms with E-state index < -0.39 is 5.54 Å². The maximum atomic E-state index is 11.6. The zero-order valence-electron chi connectivity index (χ0n) is 10.8. The van der Waals surface area contributed by atoms with Gasteiger partial charge in [0.05, 0.1) is 0 Å². The summed E-state index contributed by atoms with van der Waals surface area (Å²) in [7, 11) is 2.09. The maximum absolute atomic E-state index is 11.6. The van der Waals surface area contributed by atoms with Crippen LogP contribution in [0.25, 0.3) is 0 Å². The molecule has 17 heavy (non-hydrogen) atoms. The van der Waals surface area contributed by atoms with E-state index in [1.165, 1.54) is 32.1 Å². The van der Waals surface area contributed by atoms with Crippen molar-refractivity contribution in [2.45, 2.75) is 56.5 Å². The van der Waals surface area contributed by atoms with Gasteiger partial charge < -0.3 is 16.4 Å². The molecule has 1 amide bonds. The fourth-order valence-electron chi connectivity index (χ4n) is 3.07. The predicted octanol–water partition coefficient (Wildman–Crippen LogP) is 0.844. The van der Waals surface area contributed by atoms with Crippen molar-refractivity contribution in [2.24, 2.45) is 17.4 Å². The molecule has 2 aliphatic rings. The minimum Gasteiger partial charge on any atom is -0.368 e. The number of nitrogens with zero attached hydrogens (tertiary/aromatic N) is 1. The van der Waals surface area contributed by atoms with Gasteiger partial charge in [0.25, 0.3) is 0 Å². The first kappa shape index (κ1) is 12.8. The first-order valence-electron chi connectivity index (χ1n) is 6.83. The molecule has 0 radical (unpaired) electrons. The van der Waals surface area contributed by atoms with Crippen LogP contribution in [0.5, 0.6) is 0 Å². The van der Waals surface area contributed by atoms with Gasteiger partial charge in [0.15, 0.2) is 0 Å². The van der Waals surface area contributed by atoms with Crippen molar-refractivity contribution in [1.29, 1.82) is 0 Å². The van der Waals surface area contributed by atoms with Crippen molar-refractivity contribution in [3.8, 4) is 0 Å². The molecule has 4 N–H and O–H groups in total. The third-order valence-corrected chi connectivity index (χ3v) is 4.47. The van der Waals surface area contributed by atoms with E-state index in [2.05, 4.69) is 11.9 Å². The fraction of sp³-hybridized carbons (Fsp3) is 0.923. The molecule has 0 aromatic heterocycles. The van der Waals surface area contributed by atoms with E-state index in [-0.39, 0.29) is 5.91 Å². The molecule has 0 aliphatic heterocycles. The molecular weight excluding hydrogens is 214 g/mol. The smallest absolute Gasteiger partial charge is 0.239 e. The number of hydrogen-bond acceptors (Lipinski definition) is 3. The Labute approximate surface area is 104 Å². The lowest BCUT2D eigenvalue weighted by molar-refractivity contribution is -0.124. The third-order valence-electron chi connectivity index (χ3n) is 4.47. The fourth-order valence-corrected chi connectivity index (χ4v) is 3.07. The summed E-state index contributed by atoms with van der Waals surface area (Å²) in [6, 6.07) is 0.588. The summed E-state index contributed by atoms with van der Waals surface area (Å²) in [4.78, 5) is 13.9. The van der Waals surface area contributed by atoms with Gasteiger partial charge in [-0.15, -0.1) is 0 Å². The van der Waals surface area contributed by atoms with Crippen LogP contribution in [0.3, 0.4) is 0 Å². The zero-order chi connectivity index (χ0) is 12.5. The van der Waals surface area contributed by atoms with Crippen LogP contribution >= 0.6 is 0 Å². The molecule has 1 unspecified atom stereocenters. The van der Waals surface area contributed by atoms with Gasteiger partial charge >= 0.3 is 0 Å². The van der Waals surface area contributed by atoms with Gasteiger partial charge in [-0.05, 0) is 38.6 Å². The Hall–Kier alpha value is -0.610. The molecule has 2 fully saturated rings. The minimum absolute atomic E-state index is 0.311. The zero-order valence-corrected chi connectivity index (χ0v) is 10.8. The van der Waals surface area contributed by atoms with Crippen molar-refractivity contribution in [1.82, 2.24) is 4.90 Å². The number of likely N-dealkylation sites (N-methyl/N-ethyl adjacent to an activating group) is 1. The molecule has 0 heterocycles. The average Bonchev–Trinajstić information content (AvgIpc) is 3.13. The predicted molar refractivity (Wildman–Crippen MR) is 68.3 cm³/mol. The van der Waals surface area contributed by atoms with Crippen molar-refractivity contribution < 1.29 is 4.79 Å². The van der Waals surface area contributed by atoms with E-state index in [1.54, 1.807) is 0 Å². The molecule has 0 spiro atoms. The van der Waals surface area contributed by atoms with Crippen LogP contribution in [-0.4, -0.2) is 36.0 Å². The standard InChI is InChI=1S/C13H25N3O/c1-16(11-5-3-2-4-6-11)9-13(15,12(14)17)10-7-8-10/h10-11H,2-9,15H2,1H3,(H2,14,17). The summed E-state index contributed by atoms with van der Waals surface area (Å²) >= 11 is 0. The highest BCUT2D eigenvalue weighted by molar-refractivity contribution is 5.85. The molecule has 0 bridgehead atoms. The van der Waals surface area contributed by atoms with Gasteiger partial charge in [-0.2, -0.15) is 0 Å². The monoisotopic (exact) mass is 239 g/mol. The Kier molecular flexibility index (Phi) is 3.73. The van der Waals surface area contributed by atoms with E-state index in [4.69, 9.17) is 11.5 Å².